The first-order chi connectivity index (χ1) is 8.81. The Morgan fingerprint density at radius 3 is 2.53 bits per heavy atom. The highest BCUT2D eigenvalue weighted by Crippen LogP contribution is 2.23. The Bertz CT molecular complexity index is 705. The number of rotatable bonds is 3. The number of aromatic nitrogens is 3. The van der Waals surface area contributed by atoms with Crippen LogP contribution in [0.1, 0.15) is 17.0 Å². The Morgan fingerprint density at radius 2 is 2.00 bits per heavy atom. The number of nitrogens with one attached hydrogen (secondary N) is 2. The fourth-order valence-corrected chi connectivity index (χ4v) is 3.46. The summed E-state index contributed by atoms with van der Waals surface area (Å²) >= 11 is 5.73. The minimum Gasteiger partial charge on any atom is -0.281 e. The number of anilines is 1. The summed E-state index contributed by atoms with van der Waals surface area (Å²) in [6, 6.07) is 1.59. The largest absolute Gasteiger partial charge is 0.281 e. The van der Waals surface area contributed by atoms with Crippen LogP contribution in [0.3, 0.4) is 0 Å². The van der Waals surface area contributed by atoms with Crippen molar-refractivity contribution in [2.24, 2.45) is 0 Å². The number of halogens is 1. The number of hydrogen-bond acceptors (Lipinski definition) is 4. The molecule has 0 amide bonds. The molecule has 0 unspecified atom stereocenters. The van der Waals surface area contributed by atoms with Crippen molar-refractivity contribution in [3.05, 3.63) is 34.4 Å². The van der Waals surface area contributed by atoms with Gasteiger partial charge in [-0.3, -0.25) is 9.82 Å². The van der Waals surface area contributed by atoms with Crippen molar-refractivity contribution in [3.63, 3.8) is 0 Å². The Kier molecular flexibility index (Phi) is 3.51. The average Bonchev–Trinajstić information content (AvgIpc) is 2.63. The van der Waals surface area contributed by atoms with Gasteiger partial charge in [-0.1, -0.05) is 11.6 Å². The van der Waals surface area contributed by atoms with Crippen molar-refractivity contribution in [3.8, 4) is 0 Å². The number of nitrogens with zero attached hydrogens (tertiary/aromatic N) is 2. The molecule has 0 radical (unpaired) electrons. The van der Waals surface area contributed by atoms with E-state index in [2.05, 4.69) is 19.9 Å². The molecule has 2 N–H and O–H groups in total. The monoisotopic (exact) mass is 300 g/mol. The highest BCUT2D eigenvalue weighted by atomic mass is 35.5. The number of hydrogen-bond donors (Lipinski definition) is 2. The number of H-pyrrole nitrogens is 1. The van der Waals surface area contributed by atoms with Crippen LogP contribution in [0.15, 0.2) is 17.2 Å². The van der Waals surface area contributed by atoms with E-state index in [-0.39, 0.29) is 4.90 Å². The van der Waals surface area contributed by atoms with Crippen LogP contribution in [0.4, 0.5) is 5.69 Å². The zero-order valence-electron chi connectivity index (χ0n) is 10.7. The second-order valence-corrected chi connectivity index (χ2v) is 6.20. The number of pyridine rings is 1. The lowest BCUT2D eigenvalue weighted by molar-refractivity contribution is 0.600. The molecule has 6 nitrogen and oxygen atoms in total. The zero-order valence-corrected chi connectivity index (χ0v) is 12.2. The van der Waals surface area contributed by atoms with Crippen LogP contribution in [0.5, 0.6) is 0 Å². The summed E-state index contributed by atoms with van der Waals surface area (Å²) < 4.78 is 27.1. The van der Waals surface area contributed by atoms with Crippen LogP contribution in [-0.2, 0) is 10.0 Å². The van der Waals surface area contributed by atoms with Gasteiger partial charge in [0.05, 0.1) is 23.3 Å². The summed E-state index contributed by atoms with van der Waals surface area (Å²) in [6.45, 7) is 5.03. The summed E-state index contributed by atoms with van der Waals surface area (Å²) in [4.78, 5) is 4.02. The molecule has 0 atom stereocenters. The topological polar surface area (TPSA) is 87.7 Å². The molecule has 2 aromatic heterocycles. The maximum absolute atomic E-state index is 12.3. The van der Waals surface area contributed by atoms with E-state index in [1.54, 1.807) is 26.8 Å². The van der Waals surface area contributed by atoms with Gasteiger partial charge in [0.25, 0.3) is 10.0 Å². The van der Waals surface area contributed by atoms with Crippen molar-refractivity contribution in [1.82, 2.24) is 15.2 Å². The predicted molar refractivity (Wildman–Crippen MR) is 72.9 cm³/mol. The molecule has 2 aromatic rings. The van der Waals surface area contributed by atoms with Gasteiger partial charge in [0, 0.05) is 0 Å². The first-order valence-corrected chi connectivity index (χ1v) is 7.34. The van der Waals surface area contributed by atoms with Gasteiger partial charge in [-0.05, 0) is 32.4 Å². The van der Waals surface area contributed by atoms with Gasteiger partial charge in [-0.15, -0.1) is 0 Å². The second kappa shape index (κ2) is 4.82. The molecule has 2 heterocycles. The summed E-state index contributed by atoms with van der Waals surface area (Å²) in [5.74, 6) is 0. The van der Waals surface area contributed by atoms with Crippen LogP contribution >= 0.6 is 11.6 Å². The van der Waals surface area contributed by atoms with Gasteiger partial charge in [0.15, 0.2) is 0 Å². The zero-order chi connectivity index (χ0) is 14.2. The SMILES string of the molecule is Cc1cc(Cl)ncc1NS(=O)(=O)c1c(C)n[nH]c1C. The lowest BCUT2D eigenvalue weighted by Crippen LogP contribution is -2.15. The fraction of sp³-hybridized carbons (Fsp3) is 0.273. The van der Waals surface area contributed by atoms with E-state index in [0.29, 0.717) is 27.8 Å². The van der Waals surface area contributed by atoms with Gasteiger partial charge >= 0.3 is 0 Å². The highest BCUT2D eigenvalue weighted by Gasteiger charge is 2.22. The smallest absolute Gasteiger partial charge is 0.265 e. The van der Waals surface area contributed by atoms with Crippen molar-refractivity contribution in [2.45, 2.75) is 25.7 Å². The van der Waals surface area contributed by atoms with Crippen LogP contribution in [0.25, 0.3) is 0 Å². The molecule has 0 fully saturated rings. The number of aryl methyl sites for hydroxylation is 3. The third-order valence-electron chi connectivity index (χ3n) is 2.65. The quantitative estimate of drug-likeness (QED) is 0.851. The molecule has 0 spiro atoms. The van der Waals surface area contributed by atoms with Crippen molar-refractivity contribution < 1.29 is 8.42 Å². The average molecular weight is 301 g/mol. The van der Waals surface area contributed by atoms with Crippen molar-refractivity contribution in [1.29, 1.82) is 0 Å². The van der Waals surface area contributed by atoms with Gasteiger partial charge in [0.1, 0.15) is 10.0 Å². The van der Waals surface area contributed by atoms with E-state index >= 15 is 0 Å². The Labute approximate surface area is 116 Å². The van der Waals surface area contributed by atoms with E-state index in [1.165, 1.54) is 6.20 Å². The minimum atomic E-state index is -3.69. The van der Waals surface area contributed by atoms with E-state index < -0.39 is 10.0 Å². The maximum Gasteiger partial charge on any atom is 0.265 e. The molecule has 0 aromatic carbocycles. The molecule has 2 rings (SSSR count). The number of sulfonamides is 1. The predicted octanol–water partition coefficient (Wildman–Crippen LogP) is 2.18. The minimum absolute atomic E-state index is 0.154. The van der Waals surface area contributed by atoms with E-state index in [9.17, 15) is 8.42 Å². The lowest BCUT2D eigenvalue weighted by atomic mass is 10.3. The van der Waals surface area contributed by atoms with Crippen LogP contribution in [-0.4, -0.2) is 23.6 Å². The molecule has 0 saturated heterocycles. The molecular formula is C11H13ClN4O2S. The number of aromatic amines is 1. The van der Waals surface area contributed by atoms with Gasteiger partial charge in [-0.25, -0.2) is 13.4 Å². The third kappa shape index (κ3) is 2.71. The normalized spacial score (nSPS) is 11.6. The summed E-state index contributed by atoms with van der Waals surface area (Å²) in [5.41, 5.74) is 2.00. The Hall–Kier alpha value is -1.60. The van der Waals surface area contributed by atoms with Crippen LogP contribution in [0, 0.1) is 20.8 Å². The molecule has 102 valence electrons. The van der Waals surface area contributed by atoms with Gasteiger partial charge in [0.2, 0.25) is 0 Å². The van der Waals surface area contributed by atoms with Gasteiger partial charge < -0.3 is 0 Å². The molecule has 8 heteroatoms. The Morgan fingerprint density at radius 1 is 1.32 bits per heavy atom. The second-order valence-electron chi connectivity index (χ2n) is 4.19. The van der Waals surface area contributed by atoms with Crippen LogP contribution < -0.4 is 4.72 Å². The third-order valence-corrected chi connectivity index (χ3v) is 4.49. The van der Waals surface area contributed by atoms with Gasteiger partial charge in [-0.2, -0.15) is 5.10 Å². The first-order valence-electron chi connectivity index (χ1n) is 5.48. The lowest BCUT2D eigenvalue weighted by Gasteiger charge is -2.10. The van der Waals surface area contributed by atoms with Crippen molar-refractivity contribution in [2.75, 3.05) is 4.72 Å². The Balaban J connectivity index is 2.42. The standard InChI is InChI=1S/C11H13ClN4O2S/c1-6-4-10(12)13-5-9(6)16-19(17,18)11-7(2)14-15-8(11)3/h4-5,16H,1-3H3,(H,14,15). The van der Waals surface area contributed by atoms with E-state index in [1.807, 2.05) is 0 Å². The highest BCUT2D eigenvalue weighted by molar-refractivity contribution is 7.92. The molecule has 0 aliphatic heterocycles. The molecule has 19 heavy (non-hydrogen) atoms. The van der Waals surface area contributed by atoms with Crippen molar-refractivity contribution >= 4 is 27.3 Å². The molecular weight excluding hydrogens is 288 g/mol. The molecule has 0 aliphatic rings. The summed E-state index contributed by atoms with van der Waals surface area (Å²) in [5, 5.41) is 6.84. The molecule has 0 saturated carbocycles. The molecule has 0 bridgehead atoms. The van der Waals surface area contributed by atoms with E-state index in [4.69, 9.17) is 11.6 Å². The fourth-order valence-electron chi connectivity index (χ4n) is 1.76. The molecule has 0 aliphatic carbocycles. The summed E-state index contributed by atoms with van der Waals surface area (Å²) in [7, 11) is -3.69. The van der Waals surface area contributed by atoms with E-state index in [0.717, 1.165) is 0 Å². The van der Waals surface area contributed by atoms with Crippen LogP contribution in [0.2, 0.25) is 5.15 Å². The summed E-state index contributed by atoms with van der Waals surface area (Å²) in [6.07, 6.45) is 1.39. The maximum atomic E-state index is 12.3. The first kappa shape index (κ1) is 13.8.